The molecule has 0 saturated carbocycles. The average Bonchev–Trinajstić information content (AvgIpc) is 2.83. The van der Waals surface area contributed by atoms with E-state index in [2.05, 4.69) is 10.4 Å². The Morgan fingerprint density at radius 2 is 2.00 bits per heavy atom. The summed E-state index contributed by atoms with van der Waals surface area (Å²) in [6.45, 7) is 0.384. The molecule has 5 heteroatoms. The lowest BCUT2D eigenvalue weighted by molar-refractivity contribution is -0.120. The first-order chi connectivity index (χ1) is 9.15. The molecule has 1 aromatic carbocycles. The van der Waals surface area contributed by atoms with Crippen molar-refractivity contribution in [2.45, 2.75) is 13.0 Å². The highest BCUT2D eigenvalue weighted by Crippen LogP contribution is 2.03. The van der Waals surface area contributed by atoms with E-state index in [0.29, 0.717) is 12.1 Å². The fraction of sp³-hybridized carbons (Fsp3) is 0.214. The number of benzene rings is 1. The largest absolute Gasteiger partial charge is 0.352 e. The van der Waals surface area contributed by atoms with Gasteiger partial charge in [-0.1, -0.05) is 30.3 Å². The van der Waals surface area contributed by atoms with Crippen molar-refractivity contribution in [2.75, 3.05) is 0 Å². The van der Waals surface area contributed by atoms with Crippen molar-refractivity contribution in [1.29, 1.82) is 0 Å². The molecule has 1 N–H and O–H groups in total. The van der Waals surface area contributed by atoms with Crippen molar-refractivity contribution in [3.8, 4) is 0 Å². The smallest absolute Gasteiger partial charge is 0.228 e. The molecule has 2 rings (SSSR count). The average molecular weight is 257 g/mol. The van der Waals surface area contributed by atoms with Gasteiger partial charge in [0.2, 0.25) is 5.91 Å². The van der Waals surface area contributed by atoms with Crippen LogP contribution in [0.4, 0.5) is 0 Å². The maximum Gasteiger partial charge on any atom is 0.228 e. The molecule has 19 heavy (non-hydrogen) atoms. The molecule has 0 aliphatic carbocycles. The molecule has 1 amide bonds. The second-order valence-corrected chi connectivity index (χ2v) is 4.26. The highest BCUT2D eigenvalue weighted by atomic mass is 16.2. The van der Waals surface area contributed by atoms with E-state index in [-0.39, 0.29) is 18.1 Å². The summed E-state index contributed by atoms with van der Waals surface area (Å²) in [7, 11) is 1.81. The van der Waals surface area contributed by atoms with Crippen LogP contribution in [0.15, 0.2) is 42.7 Å². The van der Waals surface area contributed by atoms with Gasteiger partial charge in [0, 0.05) is 30.9 Å². The van der Waals surface area contributed by atoms with Gasteiger partial charge in [0.15, 0.2) is 5.78 Å². The number of nitrogens with zero attached hydrogens (tertiary/aromatic N) is 2. The number of aromatic nitrogens is 2. The molecule has 0 atom stereocenters. The van der Waals surface area contributed by atoms with Crippen molar-refractivity contribution in [1.82, 2.24) is 15.1 Å². The van der Waals surface area contributed by atoms with Crippen LogP contribution < -0.4 is 5.32 Å². The van der Waals surface area contributed by atoms with Crippen LogP contribution in [0.5, 0.6) is 0 Å². The Balaban J connectivity index is 1.83. The van der Waals surface area contributed by atoms with Crippen LogP contribution in [0, 0.1) is 0 Å². The number of aryl methyl sites for hydroxylation is 1. The topological polar surface area (TPSA) is 64.0 Å². The summed E-state index contributed by atoms with van der Waals surface area (Å²) in [6.07, 6.45) is 3.36. The van der Waals surface area contributed by atoms with Gasteiger partial charge in [-0.05, 0) is 0 Å². The predicted octanol–water partition coefficient (Wildman–Crippen LogP) is 1.31. The number of hydrogen-bond acceptors (Lipinski definition) is 3. The summed E-state index contributed by atoms with van der Waals surface area (Å²) >= 11 is 0. The lowest BCUT2D eigenvalue weighted by Gasteiger charge is -2.03. The lowest BCUT2D eigenvalue weighted by atomic mass is 10.1. The van der Waals surface area contributed by atoms with Gasteiger partial charge in [0.25, 0.3) is 0 Å². The molecule has 0 bridgehead atoms. The van der Waals surface area contributed by atoms with E-state index < -0.39 is 0 Å². The van der Waals surface area contributed by atoms with Crippen molar-refractivity contribution < 1.29 is 9.59 Å². The van der Waals surface area contributed by atoms with Crippen molar-refractivity contribution in [2.24, 2.45) is 7.05 Å². The number of hydrogen-bond donors (Lipinski definition) is 1. The molecule has 0 saturated heterocycles. The van der Waals surface area contributed by atoms with E-state index >= 15 is 0 Å². The third kappa shape index (κ3) is 3.77. The normalized spacial score (nSPS) is 10.2. The fourth-order valence-corrected chi connectivity index (χ4v) is 1.70. The van der Waals surface area contributed by atoms with Crippen LogP contribution in [0.1, 0.15) is 22.3 Å². The molecule has 0 spiro atoms. The molecule has 1 heterocycles. The number of nitrogens with one attached hydrogen (secondary N) is 1. The van der Waals surface area contributed by atoms with Gasteiger partial charge in [-0.2, -0.15) is 5.10 Å². The zero-order valence-corrected chi connectivity index (χ0v) is 10.7. The molecule has 0 fully saturated rings. The molecule has 1 aromatic heterocycles. The van der Waals surface area contributed by atoms with Crippen LogP contribution in [-0.4, -0.2) is 21.5 Å². The number of rotatable bonds is 5. The molecular formula is C14H15N3O2. The highest BCUT2D eigenvalue weighted by molar-refractivity contribution is 6.07. The van der Waals surface area contributed by atoms with Gasteiger partial charge in [-0.15, -0.1) is 0 Å². The third-order valence-electron chi connectivity index (χ3n) is 2.66. The van der Waals surface area contributed by atoms with Crippen molar-refractivity contribution in [3.63, 3.8) is 0 Å². The van der Waals surface area contributed by atoms with E-state index in [1.54, 1.807) is 35.1 Å². The summed E-state index contributed by atoms with van der Waals surface area (Å²) < 4.78 is 1.66. The summed E-state index contributed by atoms with van der Waals surface area (Å²) in [5, 5.41) is 6.70. The van der Waals surface area contributed by atoms with Crippen molar-refractivity contribution in [3.05, 3.63) is 53.9 Å². The van der Waals surface area contributed by atoms with E-state index in [4.69, 9.17) is 0 Å². The number of carbonyl (C=O) groups is 2. The van der Waals surface area contributed by atoms with Crippen LogP contribution in [-0.2, 0) is 18.4 Å². The third-order valence-corrected chi connectivity index (χ3v) is 2.66. The van der Waals surface area contributed by atoms with Crippen LogP contribution >= 0.6 is 0 Å². The predicted molar refractivity (Wildman–Crippen MR) is 70.4 cm³/mol. The Kier molecular flexibility index (Phi) is 4.07. The fourth-order valence-electron chi connectivity index (χ4n) is 1.70. The van der Waals surface area contributed by atoms with E-state index in [1.807, 2.05) is 19.3 Å². The molecule has 0 aliphatic rings. The minimum Gasteiger partial charge on any atom is -0.352 e. The standard InChI is InChI=1S/C14H15N3O2/c1-17-10-11(9-16-17)8-15-14(19)7-13(18)12-5-3-2-4-6-12/h2-6,9-10H,7-8H2,1H3,(H,15,19). The quantitative estimate of drug-likeness (QED) is 0.649. The number of amides is 1. The Morgan fingerprint density at radius 3 is 2.63 bits per heavy atom. The molecule has 5 nitrogen and oxygen atoms in total. The Bertz CT molecular complexity index is 575. The van der Waals surface area contributed by atoms with Gasteiger partial charge >= 0.3 is 0 Å². The number of carbonyl (C=O) groups excluding carboxylic acids is 2. The summed E-state index contributed by atoms with van der Waals surface area (Å²) in [4.78, 5) is 23.4. The lowest BCUT2D eigenvalue weighted by Crippen LogP contribution is -2.25. The second-order valence-electron chi connectivity index (χ2n) is 4.26. The van der Waals surface area contributed by atoms with Gasteiger partial charge < -0.3 is 5.32 Å². The second kappa shape index (κ2) is 5.95. The molecule has 0 aliphatic heterocycles. The van der Waals surface area contributed by atoms with Gasteiger partial charge in [-0.25, -0.2) is 0 Å². The van der Waals surface area contributed by atoms with Gasteiger partial charge in [-0.3, -0.25) is 14.3 Å². The van der Waals surface area contributed by atoms with E-state index in [9.17, 15) is 9.59 Å². The highest BCUT2D eigenvalue weighted by Gasteiger charge is 2.11. The SMILES string of the molecule is Cn1cc(CNC(=O)CC(=O)c2ccccc2)cn1. The Morgan fingerprint density at radius 1 is 1.26 bits per heavy atom. The first kappa shape index (κ1) is 13.0. The van der Waals surface area contributed by atoms with Crippen LogP contribution in [0.3, 0.4) is 0 Å². The zero-order valence-electron chi connectivity index (χ0n) is 10.7. The Hall–Kier alpha value is -2.43. The maximum atomic E-state index is 11.8. The van der Waals surface area contributed by atoms with E-state index in [1.165, 1.54) is 0 Å². The Labute approximate surface area is 111 Å². The minimum absolute atomic E-state index is 0.135. The van der Waals surface area contributed by atoms with Crippen molar-refractivity contribution >= 4 is 11.7 Å². The van der Waals surface area contributed by atoms with Gasteiger partial charge in [0.05, 0.1) is 12.6 Å². The molecule has 0 radical (unpaired) electrons. The molecule has 98 valence electrons. The van der Waals surface area contributed by atoms with E-state index in [0.717, 1.165) is 5.56 Å². The monoisotopic (exact) mass is 257 g/mol. The number of Topliss-reactive ketones (excluding diaryl/α,β-unsaturated/α-hetero) is 1. The van der Waals surface area contributed by atoms with Crippen LogP contribution in [0.25, 0.3) is 0 Å². The first-order valence-electron chi connectivity index (χ1n) is 5.97. The van der Waals surface area contributed by atoms with Gasteiger partial charge in [0.1, 0.15) is 0 Å². The van der Waals surface area contributed by atoms with Crippen LogP contribution in [0.2, 0.25) is 0 Å². The zero-order chi connectivity index (χ0) is 13.7. The summed E-state index contributed by atoms with van der Waals surface area (Å²) in [5.74, 6) is -0.456. The maximum absolute atomic E-state index is 11.8. The first-order valence-corrected chi connectivity index (χ1v) is 5.97. The molecule has 0 unspecified atom stereocenters. The number of ketones is 1. The summed E-state index contributed by atoms with van der Waals surface area (Å²) in [5.41, 5.74) is 1.46. The summed E-state index contributed by atoms with van der Waals surface area (Å²) in [6, 6.07) is 8.80. The minimum atomic E-state index is -0.280. The molecule has 2 aromatic rings. The molecular weight excluding hydrogens is 242 g/mol.